The molecule has 1 aliphatic rings. The molecule has 19 heavy (non-hydrogen) atoms. The first-order valence-corrected chi connectivity index (χ1v) is 7.14. The van der Waals surface area contributed by atoms with E-state index in [9.17, 15) is 5.11 Å². The minimum atomic E-state index is -0.299. The molecule has 106 valence electrons. The Morgan fingerprint density at radius 2 is 1.89 bits per heavy atom. The number of benzene rings is 1. The lowest BCUT2D eigenvalue weighted by Crippen LogP contribution is -2.29. The van der Waals surface area contributed by atoms with E-state index in [0.29, 0.717) is 12.5 Å². The first kappa shape index (κ1) is 14.4. The van der Waals surface area contributed by atoms with Crippen molar-refractivity contribution in [3.8, 4) is 5.75 Å². The molecule has 3 unspecified atom stereocenters. The van der Waals surface area contributed by atoms with Crippen molar-refractivity contribution in [2.75, 3.05) is 7.11 Å². The number of aliphatic hydroxyl groups excluding tert-OH is 1. The molecule has 3 heteroatoms. The number of aliphatic hydroxyl groups is 1. The second-order valence-corrected chi connectivity index (χ2v) is 5.46. The summed E-state index contributed by atoms with van der Waals surface area (Å²) in [7, 11) is 1.78. The Hall–Kier alpha value is -1.06. The van der Waals surface area contributed by atoms with Crippen molar-refractivity contribution in [1.29, 1.82) is 0 Å². The summed E-state index contributed by atoms with van der Waals surface area (Å²) in [5.41, 5.74) is 1.14. The van der Waals surface area contributed by atoms with Crippen LogP contribution in [0, 0.1) is 0 Å². The molecule has 0 saturated heterocycles. The normalized spacial score (nSPS) is 25.0. The van der Waals surface area contributed by atoms with Crippen LogP contribution in [-0.2, 0) is 11.2 Å². The molecule has 0 amide bonds. The van der Waals surface area contributed by atoms with Gasteiger partial charge in [-0.1, -0.05) is 12.1 Å². The van der Waals surface area contributed by atoms with Gasteiger partial charge in [-0.3, -0.25) is 0 Å². The van der Waals surface area contributed by atoms with Crippen LogP contribution in [-0.4, -0.2) is 30.5 Å². The van der Waals surface area contributed by atoms with Crippen molar-refractivity contribution < 1.29 is 14.6 Å². The molecule has 1 aromatic rings. The van der Waals surface area contributed by atoms with Crippen molar-refractivity contribution in [3.05, 3.63) is 29.8 Å². The number of hydrogen-bond donors (Lipinski definition) is 1. The maximum Gasteiger partial charge on any atom is 0.119 e. The highest BCUT2D eigenvalue weighted by atomic mass is 16.5. The molecule has 1 aliphatic carbocycles. The molecule has 3 nitrogen and oxygen atoms in total. The number of ether oxygens (including phenoxy) is 2. The summed E-state index contributed by atoms with van der Waals surface area (Å²) in [5.74, 6) is 0.913. The molecule has 1 fully saturated rings. The van der Waals surface area contributed by atoms with Crippen molar-refractivity contribution in [1.82, 2.24) is 0 Å². The van der Waals surface area contributed by atoms with Crippen LogP contribution in [0.5, 0.6) is 5.75 Å². The van der Waals surface area contributed by atoms with Crippen LogP contribution in [0.15, 0.2) is 24.3 Å². The second-order valence-electron chi connectivity index (χ2n) is 5.46. The highest BCUT2D eigenvalue weighted by molar-refractivity contribution is 5.27. The van der Waals surface area contributed by atoms with E-state index in [2.05, 4.69) is 0 Å². The molecule has 2 rings (SSSR count). The van der Waals surface area contributed by atoms with E-state index >= 15 is 0 Å². The zero-order valence-electron chi connectivity index (χ0n) is 11.8. The van der Waals surface area contributed by atoms with Gasteiger partial charge in [-0.2, -0.15) is 0 Å². The van der Waals surface area contributed by atoms with Crippen molar-refractivity contribution >= 4 is 0 Å². The largest absolute Gasteiger partial charge is 0.490 e. The van der Waals surface area contributed by atoms with Gasteiger partial charge in [0.15, 0.2) is 0 Å². The Morgan fingerprint density at radius 3 is 2.53 bits per heavy atom. The summed E-state index contributed by atoms with van der Waals surface area (Å²) < 4.78 is 11.4. The highest BCUT2D eigenvalue weighted by Crippen LogP contribution is 2.25. The van der Waals surface area contributed by atoms with Crippen molar-refractivity contribution in [2.24, 2.45) is 0 Å². The van der Waals surface area contributed by atoms with Gasteiger partial charge in [0.2, 0.25) is 0 Å². The summed E-state index contributed by atoms with van der Waals surface area (Å²) in [5, 5.41) is 9.35. The average Bonchev–Trinajstić information content (AvgIpc) is 2.41. The van der Waals surface area contributed by atoms with Crippen LogP contribution in [0.4, 0.5) is 0 Å². The standard InChI is InChI=1S/C16H24O3/c1-12(17)10-13-6-8-14(9-7-13)19-16-5-3-4-15(11-16)18-2/h6-9,12,15-17H,3-5,10-11H2,1-2H3. The topological polar surface area (TPSA) is 38.7 Å². The number of methoxy groups -OCH3 is 1. The van der Waals surface area contributed by atoms with Gasteiger partial charge in [0.05, 0.1) is 12.2 Å². The summed E-state index contributed by atoms with van der Waals surface area (Å²) in [4.78, 5) is 0. The molecule has 3 atom stereocenters. The van der Waals surface area contributed by atoms with Gasteiger partial charge in [0.25, 0.3) is 0 Å². The lowest BCUT2D eigenvalue weighted by molar-refractivity contribution is 0.0209. The van der Waals surface area contributed by atoms with Crippen LogP contribution < -0.4 is 4.74 Å². The fourth-order valence-electron chi connectivity index (χ4n) is 2.66. The smallest absolute Gasteiger partial charge is 0.119 e. The molecular formula is C16H24O3. The van der Waals surface area contributed by atoms with Crippen LogP contribution >= 0.6 is 0 Å². The SMILES string of the molecule is COC1CCCC(Oc2ccc(CC(C)O)cc2)C1. The molecule has 0 bridgehead atoms. The zero-order chi connectivity index (χ0) is 13.7. The predicted octanol–water partition coefficient (Wildman–Crippen LogP) is 2.95. The molecule has 1 N–H and O–H groups in total. The van der Waals surface area contributed by atoms with Gasteiger partial charge in [0, 0.05) is 13.5 Å². The van der Waals surface area contributed by atoms with Gasteiger partial charge >= 0.3 is 0 Å². The van der Waals surface area contributed by atoms with Crippen molar-refractivity contribution in [3.63, 3.8) is 0 Å². The minimum absolute atomic E-state index is 0.265. The Labute approximate surface area is 115 Å². The third-order valence-electron chi connectivity index (χ3n) is 3.67. The average molecular weight is 264 g/mol. The van der Waals surface area contributed by atoms with Gasteiger partial charge in [-0.05, 0) is 50.3 Å². The first-order chi connectivity index (χ1) is 9.17. The second kappa shape index (κ2) is 6.92. The predicted molar refractivity (Wildman–Crippen MR) is 75.5 cm³/mol. The van der Waals surface area contributed by atoms with E-state index in [1.807, 2.05) is 24.3 Å². The zero-order valence-corrected chi connectivity index (χ0v) is 11.8. The van der Waals surface area contributed by atoms with E-state index in [0.717, 1.165) is 30.6 Å². The summed E-state index contributed by atoms with van der Waals surface area (Å²) in [6.07, 6.45) is 5.39. The Balaban J connectivity index is 1.88. The lowest BCUT2D eigenvalue weighted by Gasteiger charge is -2.28. The monoisotopic (exact) mass is 264 g/mol. The maximum absolute atomic E-state index is 9.35. The van der Waals surface area contributed by atoms with Crippen molar-refractivity contribution in [2.45, 2.75) is 57.3 Å². The fourth-order valence-corrected chi connectivity index (χ4v) is 2.66. The van der Waals surface area contributed by atoms with Crippen LogP contribution in [0.3, 0.4) is 0 Å². The third-order valence-corrected chi connectivity index (χ3v) is 3.67. The van der Waals surface area contributed by atoms with Gasteiger partial charge in [-0.25, -0.2) is 0 Å². The summed E-state index contributed by atoms with van der Waals surface area (Å²) in [6, 6.07) is 8.04. The van der Waals surface area contributed by atoms with E-state index in [1.54, 1.807) is 14.0 Å². The van der Waals surface area contributed by atoms with E-state index in [4.69, 9.17) is 9.47 Å². The first-order valence-electron chi connectivity index (χ1n) is 7.14. The van der Waals surface area contributed by atoms with E-state index < -0.39 is 0 Å². The molecule has 0 heterocycles. The molecule has 1 aromatic carbocycles. The summed E-state index contributed by atoms with van der Waals surface area (Å²) >= 11 is 0. The third kappa shape index (κ3) is 4.51. The van der Waals surface area contributed by atoms with Gasteiger partial charge in [0.1, 0.15) is 11.9 Å². The van der Waals surface area contributed by atoms with Gasteiger partial charge < -0.3 is 14.6 Å². The molecular weight excluding hydrogens is 240 g/mol. The highest BCUT2D eigenvalue weighted by Gasteiger charge is 2.22. The van der Waals surface area contributed by atoms with Crippen LogP contribution in [0.1, 0.15) is 38.2 Å². The fraction of sp³-hybridized carbons (Fsp3) is 0.625. The molecule has 0 spiro atoms. The molecule has 0 radical (unpaired) electrons. The van der Waals surface area contributed by atoms with Gasteiger partial charge in [-0.15, -0.1) is 0 Å². The maximum atomic E-state index is 9.35. The van der Waals surface area contributed by atoms with Crippen LogP contribution in [0.2, 0.25) is 0 Å². The molecule has 0 aromatic heterocycles. The number of hydrogen-bond acceptors (Lipinski definition) is 3. The number of rotatable bonds is 5. The van der Waals surface area contributed by atoms with E-state index in [1.165, 1.54) is 6.42 Å². The lowest BCUT2D eigenvalue weighted by atomic mass is 9.95. The molecule has 0 aliphatic heterocycles. The Bertz CT molecular complexity index is 372. The summed E-state index contributed by atoms with van der Waals surface area (Å²) in [6.45, 7) is 1.80. The quantitative estimate of drug-likeness (QED) is 0.888. The molecule has 1 saturated carbocycles. The Kier molecular flexibility index (Phi) is 5.23. The van der Waals surface area contributed by atoms with Crippen LogP contribution in [0.25, 0.3) is 0 Å². The Morgan fingerprint density at radius 1 is 1.21 bits per heavy atom. The van der Waals surface area contributed by atoms with E-state index in [-0.39, 0.29) is 12.2 Å². The minimum Gasteiger partial charge on any atom is -0.490 e.